The molecule has 0 saturated heterocycles. The van der Waals surface area contributed by atoms with Crippen LogP contribution < -0.4 is 5.32 Å². The minimum Gasteiger partial charge on any atom is -0.352 e. The van der Waals surface area contributed by atoms with E-state index in [1.165, 1.54) is 24.8 Å². The number of aromatic nitrogens is 2. The van der Waals surface area contributed by atoms with Gasteiger partial charge in [-0.2, -0.15) is 0 Å². The van der Waals surface area contributed by atoms with Crippen LogP contribution in [-0.2, 0) is 24.2 Å². The Bertz CT molecular complexity index is 945. The van der Waals surface area contributed by atoms with E-state index in [1.807, 2.05) is 28.8 Å². The number of nitrogens with one attached hydrogen (secondary N) is 1. The first-order valence-electron chi connectivity index (χ1n) is 10.2. The largest absolute Gasteiger partial charge is 0.352 e. The van der Waals surface area contributed by atoms with Crippen LogP contribution in [0, 0.1) is 0 Å². The topological polar surface area (TPSA) is 46.9 Å². The average Bonchev–Trinajstić information content (AvgIpc) is 3.04. The van der Waals surface area contributed by atoms with Crippen LogP contribution in [0.15, 0.2) is 48.5 Å². The van der Waals surface area contributed by atoms with E-state index < -0.39 is 0 Å². The first-order valence-corrected chi connectivity index (χ1v) is 10.5. The maximum absolute atomic E-state index is 12.7. The second-order valence-corrected chi connectivity index (χ2v) is 8.07. The summed E-state index contributed by atoms with van der Waals surface area (Å²) in [4.78, 5) is 17.5. The molecule has 1 heterocycles. The molecule has 3 aromatic rings. The lowest BCUT2D eigenvalue weighted by Crippen LogP contribution is -2.38. The minimum atomic E-state index is 0.0622. The molecule has 4 rings (SSSR count). The molecule has 0 radical (unpaired) electrons. The molecule has 0 unspecified atom stereocenters. The third-order valence-corrected chi connectivity index (χ3v) is 5.78. The van der Waals surface area contributed by atoms with Crippen LogP contribution in [0.4, 0.5) is 0 Å². The molecule has 1 amide bonds. The normalized spacial score (nSPS) is 15.0. The van der Waals surface area contributed by atoms with E-state index in [1.54, 1.807) is 0 Å². The maximum atomic E-state index is 12.7. The zero-order valence-electron chi connectivity index (χ0n) is 16.0. The van der Waals surface area contributed by atoms with Crippen LogP contribution in [-0.4, -0.2) is 21.5 Å². The molecule has 1 aliphatic rings. The molecular formula is C23H26ClN3O. The number of imidazole rings is 1. The average molecular weight is 396 g/mol. The third kappa shape index (κ3) is 4.56. The molecular weight excluding hydrogens is 370 g/mol. The molecule has 0 spiro atoms. The van der Waals surface area contributed by atoms with Gasteiger partial charge in [0.2, 0.25) is 5.91 Å². The lowest BCUT2D eigenvalue weighted by Gasteiger charge is -2.23. The molecule has 1 N–H and O–H groups in total. The minimum absolute atomic E-state index is 0.0622. The number of halogens is 1. The monoisotopic (exact) mass is 395 g/mol. The highest BCUT2D eigenvalue weighted by atomic mass is 35.5. The van der Waals surface area contributed by atoms with E-state index >= 15 is 0 Å². The summed E-state index contributed by atoms with van der Waals surface area (Å²) in [5.74, 6) is 0.993. The Labute approximate surface area is 170 Å². The second-order valence-electron chi connectivity index (χ2n) is 7.64. The molecule has 1 aromatic heterocycles. The summed E-state index contributed by atoms with van der Waals surface area (Å²) in [7, 11) is 0. The number of carbonyl (C=O) groups is 1. The van der Waals surface area contributed by atoms with Crippen molar-refractivity contribution in [1.82, 2.24) is 14.9 Å². The van der Waals surface area contributed by atoms with Gasteiger partial charge in [0.25, 0.3) is 0 Å². The molecule has 5 heteroatoms. The fraction of sp³-hybridized carbons (Fsp3) is 0.391. The van der Waals surface area contributed by atoms with Crippen molar-refractivity contribution in [2.24, 2.45) is 0 Å². The number of amides is 1. The molecule has 1 aliphatic carbocycles. The Kier molecular flexibility index (Phi) is 5.96. The molecule has 28 heavy (non-hydrogen) atoms. The number of fused-ring (bicyclic) bond motifs is 1. The summed E-state index contributed by atoms with van der Waals surface area (Å²) >= 11 is 6.22. The predicted molar refractivity (Wildman–Crippen MR) is 114 cm³/mol. The van der Waals surface area contributed by atoms with Crippen molar-refractivity contribution in [3.05, 3.63) is 64.9 Å². The van der Waals surface area contributed by atoms with Crippen LogP contribution in [0.2, 0.25) is 5.02 Å². The third-order valence-electron chi connectivity index (χ3n) is 5.54. The number of nitrogens with zero attached hydrogens (tertiary/aromatic N) is 2. The highest BCUT2D eigenvalue weighted by molar-refractivity contribution is 6.31. The van der Waals surface area contributed by atoms with Crippen LogP contribution >= 0.6 is 11.6 Å². The summed E-state index contributed by atoms with van der Waals surface area (Å²) in [5.41, 5.74) is 3.08. The van der Waals surface area contributed by atoms with Crippen LogP contribution in [0.3, 0.4) is 0 Å². The van der Waals surface area contributed by atoms with Crippen molar-refractivity contribution in [1.29, 1.82) is 0 Å². The van der Waals surface area contributed by atoms with Gasteiger partial charge in [-0.25, -0.2) is 4.98 Å². The van der Waals surface area contributed by atoms with Crippen molar-refractivity contribution < 1.29 is 4.79 Å². The Morgan fingerprint density at radius 2 is 1.86 bits per heavy atom. The summed E-state index contributed by atoms with van der Waals surface area (Å²) in [6.45, 7) is 0.289. The number of hydrogen-bond acceptors (Lipinski definition) is 2. The van der Waals surface area contributed by atoms with Gasteiger partial charge in [-0.05, 0) is 43.0 Å². The number of benzene rings is 2. The van der Waals surface area contributed by atoms with Gasteiger partial charge in [0.1, 0.15) is 12.4 Å². The van der Waals surface area contributed by atoms with E-state index in [2.05, 4.69) is 29.6 Å². The first-order chi connectivity index (χ1) is 13.7. The predicted octanol–water partition coefficient (Wildman–Crippen LogP) is 4.92. The van der Waals surface area contributed by atoms with Gasteiger partial charge in [-0.1, -0.05) is 61.2 Å². The lowest BCUT2D eigenvalue weighted by molar-refractivity contribution is -0.122. The number of rotatable bonds is 6. The fourth-order valence-electron chi connectivity index (χ4n) is 4.08. The summed E-state index contributed by atoms with van der Waals surface area (Å²) in [6.07, 6.45) is 7.54. The molecule has 0 aliphatic heterocycles. The zero-order chi connectivity index (χ0) is 19.3. The van der Waals surface area contributed by atoms with Crippen molar-refractivity contribution in [3.8, 4) is 0 Å². The summed E-state index contributed by atoms with van der Waals surface area (Å²) in [6, 6.07) is 16.4. The maximum Gasteiger partial charge on any atom is 0.240 e. The van der Waals surface area contributed by atoms with Crippen molar-refractivity contribution in [2.45, 2.75) is 57.5 Å². The lowest BCUT2D eigenvalue weighted by atomic mass is 9.95. The highest BCUT2D eigenvalue weighted by Crippen LogP contribution is 2.22. The molecule has 0 atom stereocenters. The first kappa shape index (κ1) is 19.0. The Balaban J connectivity index is 1.55. The second kappa shape index (κ2) is 8.78. The van der Waals surface area contributed by atoms with Gasteiger partial charge in [0.05, 0.1) is 11.0 Å². The summed E-state index contributed by atoms with van der Waals surface area (Å²) in [5, 5.41) is 3.88. The molecule has 2 aromatic carbocycles. The van der Waals surface area contributed by atoms with E-state index in [9.17, 15) is 4.79 Å². The van der Waals surface area contributed by atoms with Gasteiger partial charge in [0, 0.05) is 17.5 Å². The summed E-state index contributed by atoms with van der Waals surface area (Å²) < 4.78 is 2.03. The molecule has 146 valence electrons. The fourth-order valence-corrected chi connectivity index (χ4v) is 4.24. The van der Waals surface area contributed by atoms with Crippen molar-refractivity contribution >= 4 is 28.5 Å². The standard InChI is InChI=1S/C23H26ClN3O/c24-18-12-13-20-21(15-18)27(16-23(28)25-19-9-5-2-6-10-19)22(26-20)14-11-17-7-3-1-4-8-17/h1,3-4,7-8,12-13,15,19H,2,5-6,9-11,14,16H2,(H,25,28). The van der Waals surface area contributed by atoms with Gasteiger partial charge in [0.15, 0.2) is 0 Å². The Morgan fingerprint density at radius 1 is 1.07 bits per heavy atom. The van der Waals surface area contributed by atoms with E-state index in [4.69, 9.17) is 16.6 Å². The molecule has 0 bridgehead atoms. The molecule has 4 nitrogen and oxygen atoms in total. The van der Waals surface area contributed by atoms with Crippen LogP contribution in [0.1, 0.15) is 43.5 Å². The number of hydrogen-bond donors (Lipinski definition) is 1. The van der Waals surface area contributed by atoms with Gasteiger partial charge < -0.3 is 9.88 Å². The number of aryl methyl sites for hydroxylation is 2. The smallest absolute Gasteiger partial charge is 0.240 e. The van der Waals surface area contributed by atoms with Crippen LogP contribution in [0.5, 0.6) is 0 Å². The SMILES string of the molecule is O=C(Cn1c(CCc2ccccc2)nc2ccc(Cl)cc21)NC1CCCCC1. The van der Waals surface area contributed by atoms with Gasteiger partial charge >= 0.3 is 0 Å². The van der Waals surface area contributed by atoms with Crippen LogP contribution in [0.25, 0.3) is 11.0 Å². The van der Waals surface area contributed by atoms with E-state index in [0.717, 1.165) is 42.5 Å². The van der Waals surface area contributed by atoms with Gasteiger partial charge in [-0.15, -0.1) is 0 Å². The molecule has 1 fully saturated rings. The molecule has 1 saturated carbocycles. The Morgan fingerprint density at radius 3 is 2.64 bits per heavy atom. The van der Waals surface area contributed by atoms with Crippen molar-refractivity contribution in [2.75, 3.05) is 0 Å². The number of carbonyl (C=O) groups excluding carboxylic acids is 1. The van der Waals surface area contributed by atoms with E-state index in [0.29, 0.717) is 11.1 Å². The Hall–Kier alpha value is -2.33. The zero-order valence-corrected chi connectivity index (χ0v) is 16.8. The van der Waals surface area contributed by atoms with Gasteiger partial charge in [-0.3, -0.25) is 4.79 Å². The van der Waals surface area contributed by atoms with E-state index in [-0.39, 0.29) is 12.5 Å². The van der Waals surface area contributed by atoms with Crippen molar-refractivity contribution in [3.63, 3.8) is 0 Å². The quantitative estimate of drug-likeness (QED) is 0.643. The highest BCUT2D eigenvalue weighted by Gasteiger charge is 2.18.